The molecule has 106 valence electrons. The zero-order valence-corrected chi connectivity index (χ0v) is 12.4. The minimum Gasteiger partial charge on any atom is -0.376 e. The summed E-state index contributed by atoms with van der Waals surface area (Å²) >= 11 is 0. The van der Waals surface area contributed by atoms with Gasteiger partial charge in [0.2, 0.25) is 0 Å². The fourth-order valence-electron chi connectivity index (χ4n) is 2.68. The maximum atomic E-state index is 5.58. The van der Waals surface area contributed by atoms with Crippen LogP contribution in [0.4, 0.5) is 0 Å². The smallest absolute Gasteiger partial charge is 0.0674 e. The first-order valence-electron chi connectivity index (χ1n) is 7.27. The Morgan fingerprint density at radius 3 is 2.74 bits per heavy atom. The molecule has 0 amide bonds. The molecule has 1 aromatic rings. The number of rotatable bonds is 5. The highest BCUT2D eigenvalue weighted by atomic mass is 16.5. The van der Waals surface area contributed by atoms with E-state index in [2.05, 4.69) is 48.3 Å². The summed E-state index contributed by atoms with van der Waals surface area (Å²) in [4.78, 5) is 2.51. The van der Waals surface area contributed by atoms with Crippen molar-refractivity contribution in [3.8, 4) is 0 Å². The fourth-order valence-corrected chi connectivity index (χ4v) is 2.68. The topological polar surface area (TPSA) is 24.5 Å². The molecule has 0 bridgehead atoms. The number of nitrogens with one attached hydrogen (secondary N) is 1. The minimum atomic E-state index is 0.376. The second-order valence-corrected chi connectivity index (χ2v) is 5.52. The highest BCUT2D eigenvalue weighted by Crippen LogP contribution is 2.18. The second-order valence-electron chi connectivity index (χ2n) is 5.52. The number of hydrogen-bond donors (Lipinski definition) is 1. The summed E-state index contributed by atoms with van der Waals surface area (Å²) in [5.41, 5.74) is 2.70. The molecule has 19 heavy (non-hydrogen) atoms. The van der Waals surface area contributed by atoms with Gasteiger partial charge in [-0.25, -0.2) is 0 Å². The van der Waals surface area contributed by atoms with Gasteiger partial charge in [-0.1, -0.05) is 29.8 Å². The van der Waals surface area contributed by atoms with Crippen molar-refractivity contribution in [2.24, 2.45) is 0 Å². The first kappa shape index (κ1) is 14.5. The van der Waals surface area contributed by atoms with Crippen molar-refractivity contribution in [2.45, 2.75) is 32.4 Å². The van der Waals surface area contributed by atoms with E-state index in [0.29, 0.717) is 12.1 Å². The van der Waals surface area contributed by atoms with Crippen LogP contribution in [0.5, 0.6) is 0 Å². The molecule has 1 N–H and O–H groups in total. The second kappa shape index (κ2) is 7.04. The standard InChI is InChI=1S/C16H26N2O/c1-13-4-6-15(7-5-13)16(17-3)8-9-18-10-11-19-14(2)12-18/h4-7,14,16-17H,8-12H2,1-3H3. The average molecular weight is 262 g/mol. The monoisotopic (exact) mass is 262 g/mol. The van der Waals surface area contributed by atoms with E-state index in [1.807, 2.05) is 7.05 Å². The Morgan fingerprint density at radius 1 is 1.37 bits per heavy atom. The Bertz CT molecular complexity index is 377. The van der Waals surface area contributed by atoms with E-state index in [4.69, 9.17) is 4.74 Å². The average Bonchev–Trinajstić information content (AvgIpc) is 2.41. The van der Waals surface area contributed by atoms with Gasteiger partial charge in [0.05, 0.1) is 12.7 Å². The number of aryl methyl sites for hydroxylation is 1. The van der Waals surface area contributed by atoms with Crippen LogP contribution in [0.15, 0.2) is 24.3 Å². The molecule has 0 spiro atoms. The van der Waals surface area contributed by atoms with Crippen LogP contribution in [-0.4, -0.2) is 44.3 Å². The Hall–Kier alpha value is -0.900. The molecule has 1 aliphatic rings. The predicted molar refractivity (Wildman–Crippen MR) is 79.5 cm³/mol. The summed E-state index contributed by atoms with van der Waals surface area (Å²) in [7, 11) is 2.05. The largest absolute Gasteiger partial charge is 0.376 e. The van der Waals surface area contributed by atoms with E-state index < -0.39 is 0 Å². The summed E-state index contributed by atoms with van der Waals surface area (Å²) in [6, 6.07) is 9.29. The van der Waals surface area contributed by atoms with Crippen molar-refractivity contribution >= 4 is 0 Å². The van der Waals surface area contributed by atoms with Crippen molar-refractivity contribution in [1.82, 2.24) is 10.2 Å². The number of nitrogens with zero attached hydrogens (tertiary/aromatic N) is 1. The van der Waals surface area contributed by atoms with Crippen LogP contribution in [-0.2, 0) is 4.74 Å². The first-order valence-corrected chi connectivity index (χ1v) is 7.27. The van der Waals surface area contributed by atoms with Crippen molar-refractivity contribution in [3.05, 3.63) is 35.4 Å². The van der Waals surface area contributed by atoms with E-state index in [1.54, 1.807) is 0 Å². The first-order chi connectivity index (χ1) is 9.19. The normalized spacial score (nSPS) is 22.4. The van der Waals surface area contributed by atoms with E-state index in [-0.39, 0.29) is 0 Å². The number of benzene rings is 1. The van der Waals surface area contributed by atoms with Crippen molar-refractivity contribution in [2.75, 3.05) is 33.3 Å². The van der Waals surface area contributed by atoms with Crippen LogP contribution in [0.3, 0.4) is 0 Å². The fraction of sp³-hybridized carbons (Fsp3) is 0.625. The zero-order chi connectivity index (χ0) is 13.7. The highest BCUT2D eigenvalue weighted by Gasteiger charge is 2.18. The van der Waals surface area contributed by atoms with Gasteiger partial charge in [-0.05, 0) is 32.9 Å². The predicted octanol–water partition coefficient (Wildman–Crippen LogP) is 2.37. The van der Waals surface area contributed by atoms with E-state index in [0.717, 1.165) is 32.7 Å². The van der Waals surface area contributed by atoms with E-state index in [1.165, 1.54) is 11.1 Å². The van der Waals surface area contributed by atoms with Crippen LogP contribution >= 0.6 is 0 Å². The SMILES string of the molecule is CNC(CCN1CCOC(C)C1)c1ccc(C)cc1. The number of morpholine rings is 1. The molecule has 1 heterocycles. The maximum Gasteiger partial charge on any atom is 0.0674 e. The molecular weight excluding hydrogens is 236 g/mol. The molecule has 0 radical (unpaired) electrons. The Labute approximate surface area is 116 Å². The molecule has 3 heteroatoms. The van der Waals surface area contributed by atoms with Gasteiger partial charge >= 0.3 is 0 Å². The quantitative estimate of drug-likeness (QED) is 0.881. The molecule has 3 nitrogen and oxygen atoms in total. The third-order valence-corrected chi connectivity index (χ3v) is 3.89. The number of ether oxygens (including phenoxy) is 1. The van der Waals surface area contributed by atoms with Crippen LogP contribution in [0, 0.1) is 6.92 Å². The van der Waals surface area contributed by atoms with Gasteiger partial charge in [-0.3, -0.25) is 4.90 Å². The maximum absolute atomic E-state index is 5.58. The van der Waals surface area contributed by atoms with Crippen LogP contribution < -0.4 is 5.32 Å². The lowest BCUT2D eigenvalue weighted by Crippen LogP contribution is -2.42. The molecule has 0 aromatic heterocycles. The van der Waals surface area contributed by atoms with Gasteiger partial charge in [-0.15, -0.1) is 0 Å². The highest BCUT2D eigenvalue weighted by molar-refractivity contribution is 5.24. The third kappa shape index (κ3) is 4.30. The van der Waals surface area contributed by atoms with Crippen molar-refractivity contribution in [3.63, 3.8) is 0 Å². The number of hydrogen-bond acceptors (Lipinski definition) is 3. The molecular formula is C16H26N2O. The molecule has 2 unspecified atom stereocenters. The third-order valence-electron chi connectivity index (χ3n) is 3.89. The lowest BCUT2D eigenvalue weighted by Gasteiger charge is -2.32. The molecule has 0 saturated carbocycles. The Kier molecular flexibility index (Phi) is 5.37. The van der Waals surface area contributed by atoms with Crippen LogP contribution in [0.2, 0.25) is 0 Å². The summed E-state index contributed by atoms with van der Waals surface area (Å²) in [5, 5.41) is 3.43. The van der Waals surface area contributed by atoms with Gasteiger partial charge in [-0.2, -0.15) is 0 Å². The molecule has 0 aliphatic carbocycles. The summed E-state index contributed by atoms with van der Waals surface area (Å²) in [5.74, 6) is 0. The van der Waals surface area contributed by atoms with Gasteiger partial charge in [0.15, 0.2) is 0 Å². The molecule has 1 aliphatic heterocycles. The Balaban J connectivity index is 1.87. The summed E-state index contributed by atoms with van der Waals surface area (Å²) in [6.07, 6.45) is 1.52. The van der Waals surface area contributed by atoms with E-state index >= 15 is 0 Å². The molecule has 2 atom stereocenters. The molecule has 1 saturated heterocycles. The van der Waals surface area contributed by atoms with Crippen LogP contribution in [0.1, 0.15) is 30.5 Å². The van der Waals surface area contributed by atoms with Gasteiger partial charge < -0.3 is 10.1 Å². The minimum absolute atomic E-state index is 0.376. The Morgan fingerprint density at radius 2 is 2.11 bits per heavy atom. The molecule has 1 aromatic carbocycles. The van der Waals surface area contributed by atoms with E-state index in [9.17, 15) is 0 Å². The lowest BCUT2D eigenvalue weighted by atomic mass is 10.0. The van der Waals surface area contributed by atoms with Crippen molar-refractivity contribution < 1.29 is 4.74 Å². The van der Waals surface area contributed by atoms with Crippen LogP contribution in [0.25, 0.3) is 0 Å². The summed E-state index contributed by atoms with van der Waals surface area (Å²) < 4.78 is 5.58. The van der Waals surface area contributed by atoms with Gasteiger partial charge in [0, 0.05) is 25.7 Å². The van der Waals surface area contributed by atoms with Crippen molar-refractivity contribution in [1.29, 1.82) is 0 Å². The molecule has 1 fully saturated rings. The lowest BCUT2D eigenvalue weighted by molar-refractivity contribution is -0.0191. The zero-order valence-electron chi connectivity index (χ0n) is 12.4. The van der Waals surface area contributed by atoms with Gasteiger partial charge in [0.25, 0.3) is 0 Å². The summed E-state index contributed by atoms with van der Waals surface area (Å²) in [6.45, 7) is 8.41. The molecule has 2 rings (SSSR count). The van der Waals surface area contributed by atoms with Gasteiger partial charge in [0.1, 0.15) is 0 Å².